The number of amides is 3. The fourth-order valence-electron chi connectivity index (χ4n) is 3.72. The van der Waals surface area contributed by atoms with E-state index in [0.29, 0.717) is 25.8 Å². The zero-order valence-electron chi connectivity index (χ0n) is 22.0. The molecule has 0 saturated carbocycles. The van der Waals surface area contributed by atoms with E-state index in [1.54, 1.807) is 37.3 Å². The molecule has 38 heavy (non-hydrogen) atoms. The summed E-state index contributed by atoms with van der Waals surface area (Å²) in [7, 11) is 0. The first-order valence-electron chi connectivity index (χ1n) is 12.8. The molecule has 3 amide bonds. The van der Waals surface area contributed by atoms with Crippen LogP contribution in [0.2, 0.25) is 0 Å². The Kier molecular flexibility index (Phi) is 14.6. The molecule has 0 saturated heterocycles. The molecule has 5 atom stereocenters. The molecule has 1 aromatic carbocycles. The number of rotatable bonds is 18. The van der Waals surface area contributed by atoms with Gasteiger partial charge in [-0.25, -0.2) is 4.79 Å². The Balaban J connectivity index is 3.12. The molecule has 0 bridgehead atoms. The lowest BCUT2D eigenvalue weighted by Gasteiger charge is -2.26. The summed E-state index contributed by atoms with van der Waals surface area (Å²) in [5, 5.41) is 26.2. The second kappa shape index (κ2) is 17.1. The third kappa shape index (κ3) is 11.7. The van der Waals surface area contributed by atoms with E-state index in [2.05, 4.69) is 16.0 Å². The van der Waals surface area contributed by atoms with Crippen LogP contribution >= 0.6 is 0 Å². The normalized spacial score (nSPS) is 14.8. The van der Waals surface area contributed by atoms with Crippen molar-refractivity contribution in [1.29, 1.82) is 0 Å². The van der Waals surface area contributed by atoms with Gasteiger partial charge in [0.15, 0.2) is 0 Å². The van der Waals surface area contributed by atoms with Crippen molar-refractivity contribution in [2.75, 3.05) is 6.54 Å². The average Bonchev–Trinajstić information content (AvgIpc) is 2.88. The molecule has 0 aliphatic carbocycles. The maximum atomic E-state index is 13.3. The van der Waals surface area contributed by atoms with Gasteiger partial charge in [0.25, 0.3) is 0 Å². The van der Waals surface area contributed by atoms with Gasteiger partial charge in [-0.2, -0.15) is 0 Å². The van der Waals surface area contributed by atoms with Crippen LogP contribution in [-0.4, -0.2) is 70.6 Å². The first-order valence-corrected chi connectivity index (χ1v) is 12.8. The van der Waals surface area contributed by atoms with Gasteiger partial charge < -0.3 is 37.6 Å². The Bertz CT molecular complexity index is 928. The van der Waals surface area contributed by atoms with Crippen LogP contribution in [0.3, 0.4) is 0 Å². The van der Waals surface area contributed by atoms with Crippen molar-refractivity contribution in [2.24, 2.45) is 17.4 Å². The highest BCUT2D eigenvalue weighted by molar-refractivity contribution is 5.94. The van der Waals surface area contributed by atoms with Crippen LogP contribution in [0.15, 0.2) is 30.3 Å². The molecule has 9 N–H and O–H groups in total. The molecule has 0 fully saturated rings. The van der Waals surface area contributed by atoms with Gasteiger partial charge in [-0.3, -0.25) is 19.2 Å². The van der Waals surface area contributed by atoms with Crippen LogP contribution in [-0.2, 0) is 30.4 Å². The van der Waals surface area contributed by atoms with E-state index >= 15 is 0 Å². The molecule has 212 valence electrons. The third-order valence-electron chi connectivity index (χ3n) is 6.28. The number of nitrogens with one attached hydrogen (secondary N) is 3. The fourth-order valence-corrected chi connectivity index (χ4v) is 3.72. The number of aliphatic carboxylic acids is 2. The van der Waals surface area contributed by atoms with Gasteiger partial charge in [-0.1, -0.05) is 50.6 Å². The van der Waals surface area contributed by atoms with Crippen molar-refractivity contribution in [2.45, 2.75) is 83.0 Å². The minimum Gasteiger partial charge on any atom is -0.481 e. The summed E-state index contributed by atoms with van der Waals surface area (Å²) in [4.78, 5) is 61.6. The zero-order chi connectivity index (χ0) is 28.7. The maximum absolute atomic E-state index is 13.3. The highest BCUT2D eigenvalue weighted by atomic mass is 16.4. The molecular formula is C26H41N5O7. The quantitative estimate of drug-likeness (QED) is 0.127. The largest absolute Gasteiger partial charge is 0.481 e. The number of carbonyl (C=O) groups is 5. The molecule has 0 aliphatic rings. The number of carbonyl (C=O) groups excluding carboxylic acids is 3. The predicted octanol–water partition coefficient (Wildman–Crippen LogP) is 0.135. The summed E-state index contributed by atoms with van der Waals surface area (Å²) < 4.78 is 0. The first-order chi connectivity index (χ1) is 18.0. The lowest BCUT2D eigenvalue weighted by Crippen LogP contribution is -2.58. The standard InChI is InChI=1S/C26H41N5O7/c1-3-16(2)22(26(37)38)31-25(36)20(15-17-9-5-4-6-10-17)30-24(35)19(11-7-8-14-27)29-23(34)18(28)12-13-21(32)33/h4-6,9-10,16,18-20,22H,3,7-8,11-15,27-28H2,1-2H3,(H,29,34)(H,30,35)(H,31,36)(H,32,33)(H,37,38). The summed E-state index contributed by atoms with van der Waals surface area (Å²) in [6, 6.07) is 4.46. The summed E-state index contributed by atoms with van der Waals surface area (Å²) in [6.45, 7) is 3.90. The third-order valence-corrected chi connectivity index (χ3v) is 6.28. The molecule has 1 rings (SSSR count). The number of carboxylic acids is 2. The Hall–Kier alpha value is -3.51. The smallest absolute Gasteiger partial charge is 0.326 e. The lowest BCUT2D eigenvalue weighted by molar-refractivity contribution is -0.144. The monoisotopic (exact) mass is 535 g/mol. The first kappa shape index (κ1) is 32.5. The van der Waals surface area contributed by atoms with Gasteiger partial charge >= 0.3 is 11.9 Å². The molecule has 0 aromatic heterocycles. The van der Waals surface area contributed by atoms with Crippen molar-refractivity contribution in [1.82, 2.24) is 16.0 Å². The number of hydrogen-bond acceptors (Lipinski definition) is 7. The van der Waals surface area contributed by atoms with E-state index in [1.165, 1.54) is 0 Å². The predicted molar refractivity (Wildman–Crippen MR) is 141 cm³/mol. The fraction of sp³-hybridized carbons (Fsp3) is 0.577. The Morgan fingerprint density at radius 3 is 2.03 bits per heavy atom. The van der Waals surface area contributed by atoms with E-state index in [1.807, 2.05) is 6.92 Å². The topological polar surface area (TPSA) is 214 Å². The van der Waals surface area contributed by atoms with Crippen LogP contribution in [0.25, 0.3) is 0 Å². The summed E-state index contributed by atoms with van der Waals surface area (Å²) in [6.07, 6.45) is 1.50. The molecule has 0 radical (unpaired) electrons. The minimum absolute atomic E-state index is 0.0901. The van der Waals surface area contributed by atoms with Gasteiger partial charge in [-0.05, 0) is 43.7 Å². The molecule has 5 unspecified atom stereocenters. The second-order valence-electron chi connectivity index (χ2n) is 9.35. The Labute approximate surface area is 222 Å². The lowest BCUT2D eigenvalue weighted by atomic mass is 9.98. The maximum Gasteiger partial charge on any atom is 0.326 e. The van der Waals surface area contributed by atoms with E-state index < -0.39 is 53.8 Å². The van der Waals surface area contributed by atoms with Gasteiger partial charge in [0.1, 0.15) is 18.1 Å². The van der Waals surface area contributed by atoms with Gasteiger partial charge in [0, 0.05) is 12.8 Å². The van der Waals surface area contributed by atoms with Gasteiger partial charge in [0.05, 0.1) is 6.04 Å². The van der Waals surface area contributed by atoms with Gasteiger partial charge in [0.2, 0.25) is 17.7 Å². The Morgan fingerprint density at radius 2 is 1.47 bits per heavy atom. The molecule has 0 heterocycles. The Morgan fingerprint density at radius 1 is 0.868 bits per heavy atom. The number of nitrogens with two attached hydrogens (primary N) is 2. The minimum atomic E-state index is -1.18. The molecule has 12 nitrogen and oxygen atoms in total. The number of hydrogen-bond donors (Lipinski definition) is 7. The molecule has 0 aliphatic heterocycles. The summed E-state index contributed by atoms with van der Waals surface area (Å²) >= 11 is 0. The average molecular weight is 536 g/mol. The van der Waals surface area contributed by atoms with Crippen LogP contribution in [0.5, 0.6) is 0 Å². The van der Waals surface area contributed by atoms with Crippen molar-refractivity contribution >= 4 is 29.7 Å². The highest BCUT2D eigenvalue weighted by Crippen LogP contribution is 2.11. The summed E-state index contributed by atoms with van der Waals surface area (Å²) in [5.41, 5.74) is 12.1. The van der Waals surface area contributed by atoms with Crippen molar-refractivity contribution < 1.29 is 34.2 Å². The van der Waals surface area contributed by atoms with E-state index in [-0.39, 0.29) is 31.6 Å². The summed E-state index contributed by atoms with van der Waals surface area (Å²) in [5.74, 6) is -4.63. The van der Waals surface area contributed by atoms with Crippen LogP contribution in [0.4, 0.5) is 0 Å². The van der Waals surface area contributed by atoms with Crippen LogP contribution in [0.1, 0.15) is 57.9 Å². The molecule has 1 aromatic rings. The van der Waals surface area contributed by atoms with E-state index in [0.717, 1.165) is 5.56 Å². The number of benzene rings is 1. The zero-order valence-corrected chi connectivity index (χ0v) is 22.0. The number of unbranched alkanes of at least 4 members (excludes halogenated alkanes) is 1. The molecule has 12 heteroatoms. The van der Waals surface area contributed by atoms with Crippen molar-refractivity contribution in [3.63, 3.8) is 0 Å². The highest BCUT2D eigenvalue weighted by Gasteiger charge is 2.32. The number of carboxylic acid groups (broad SMARTS) is 2. The van der Waals surface area contributed by atoms with E-state index in [9.17, 15) is 29.1 Å². The molecule has 0 spiro atoms. The second-order valence-corrected chi connectivity index (χ2v) is 9.35. The van der Waals surface area contributed by atoms with E-state index in [4.69, 9.17) is 16.6 Å². The van der Waals surface area contributed by atoms with Crippen molar-refractivity contribution in [3.05, 3.63) is 35.9 Å². The van der Waals surface area contributed by atoms with Crippen LogP contribution < -0.4 is 27.4 Å². The SMILES string of the molecule is CCC(C)C(NC(=O)C(Cc1ccccc1)NC(=O)C(CCCCN)NC(=O)C(N)CCC(=O)O)C(=O)O. The van der Waals surface area contributed by atoms with Crippen LogP contribution in [0, 0.1) is 5.92 Å². The molecular weight excluding hydrogens is 494 g/mol. The van der Waals surface area contributed by atoms with Gasteiger partial charge in [-0.15, -0.1) is 0 Å². The van der Waals surface area contributed by atoms with Crippen molar-refractivity contribution in [3.8, 4) is 0 Å².